The topological polar surface area (TPSA) is 91.0 Å². The summed E-state index contributed by atoms with van der Waals surface area (Å²) in [6.45, 7) is 5.96. The lowest BCUT2D eigenvalue weighted by Crippen LogP contribution is -2.52. The van der Waals surface area contributed by atoms with Gasteiger partial charge in [-0.25, -0.2) is 4.79 Å². The summed E-state index contributed by atoms with van der Waals surface area (Å²) in [7, 11) is 1.50. The number of urea groups is 1. The lowest BCUT2D eigenvalue weighted by Gasteiger charge is -2.33. The minimum Gasteiger partial charge on any atom is -0.383 e. The number of hydrogen-bond donors (Lipinski definition) is 2. The monoisotopic (exact) mass is 482 g/mol. The highest BCUT2D eigenvalue weighted by atomic mass is 19.4. The third-order valence-corrected chi connectivity index (χ3v) is 5.98. The van der Waals surface area contributed by atoms with E-state index in [0.29, 0.717) is 5.70 Å². The Hall–Kier alpha value is -3.08. The summed E-state index contributed by atoms with van der Waals surface area (Å²) < 4.78 is 46.2. The second kappa shape index (κ2) is 10.0. The molecule has 2 N–H and O–H groups in total. The summed E-state index contributed by atoms with van der Waals surface area (Å²) in [6.07, 6.45) is -4.67. The molecule has 186 valence electrons. The van der Waals surface area contributed by atoms with Gasteiger partial charge >= 0.3 is 12.2 Å². The van der Waals surface area contributed by atoms with Gasteiger partial charge in [0.15, 0.2) is 0 Å². The number of benzene rings is 1. The molecule has 0 aromatic heterocycles. The van der Waals surface area contributed by atoms with Gasteiger partial charge in [-0.3, -0.25) is 14.5 Å². The molecular weight excluding hydrogens is 453 g/mol. The maximum atomic E-state index is 13.8. The molecule has 0 fully saturated rings. The van der Waals surface area contributed by atoms with Crippen molar-refractivity contribution in [2.24, 2.45) is 5.92 Å². The molecule has 0 aliphatic carbocycles. The number of halogens is 3. The van der Waals surface area contributed by atoms with Crippen LogP contribution in [-0.2, 0) is 20.5 Å². The molecule has 1 aromatic carbocycles. The van der Waals surface area contributed by atoms with Crippen molar-refractivity contribution in [1.82, 2.24) is 20.4 Å². The van der Waals surface area contributed by atoms with E-state index in [4.69, 9.17) is 4.74 Å². The SMILES string of the molecule is CCN1C(=O)NC(c2ccccc2C(F)(F)F)C2=C1CN(C(C(=O)NCCOC)C(C)C)C2=O. The Labute approximate surface area is 196 Å². The van der Waals surface area contributed by atoms with Gasteiger partial charge in [0.05, 0.1) is 36.0 Å². The quantitative estimate of drug-likeness (QED) is 0.558. The van der Waals surface area contributed by atoms with Crippen molar-refractivity contribution >= 4 is 17.8 Å². The first-order valence-corrected chi connectivity index (χ1v) is 11.1. The molecule has 1 aromatic rings. The molecule has 2 aliphatic rings. The zero-order valence-electron chi connectivity index (χ0n) is 19.5. The van der Waals surface area contributed by atoms with Crippen LogP contribution in [0.25, 0.3) is 0 Å². The molecule has 2 atom stereocenters. The van der Waals surface area contributed by atoms with Crippen molar-refractivity contribution in [2.45, 2.75) is 39.0 Å². The van der Waals surface area contributed by atoms with E-state index in [1.54, 1.807) is 20.8 Å². The van der Waals surface area contributed by atoms with E-state index in [-0.39, 0.29) is 43.3 Å². The third-order valence-electron chi connectivity index (χ3n) is 5.98. The Bertz CT molecular complexity index is 993. The predicted octanol–water partition coefficient (Wildman–Crippen LogP) is 2.68. The molecule has 2 aliphatic heterocycles. The van der Waals surface area contributed by atoms with Crippen molar-refractivity contribution < 1.29 is 32.3 Å². The zero-order valence-corrected chi connectivity index (χ0v) is 19.5. The van der Waals surface area contributed by atoms with Gasteiger partial charge in [-0.15, -0.1) is 0 Å². The molecule has 8 nitrogen and oxygen atoms in total. The fourth-order valence-corrected chi connectivity index (χ4v) is 4.50. The van der Waals surface area contributed by atoms with Crippen LogP contribution in [0, 0.1) is 5.92 Å². The molecule has 34 heavy (non-hydrogen) atoms. The Morgan fingerprint density at radius 2 is 1.94 bits per heavy atom. The Kier molecular flexibility index (Phi) is 7.54. The number of alkyl halides is 3. The minimum atomic E-state index is -4.67. The number of likely N-dealkylation sites (N-methyl/N-ethyl adjacent to an activating group) is 1. The van der Waals surface area contributed by atoms with E-state index in [1.807, 2.05) is 0 Å². The zero-order chi connectivity index (χ0) is 25.2. The third kappa shape index (κ3) is 4.75. The number of nitrogens with one attached hydrogen (secondary N) is 2. The Morgan fingerprint density at radius 1 is 1.26 bits per heavy atom. The van der Waals surface area contributed by atoms with Crippen LogP contribution in [0.4, 0.5) is 18.0 Å². The van der Waals surface area contributed by atoms with Gasteiger partial charge in [-0.1, -0.05) is 32.0 Å². The van der Waals surface area contributed by atoms with Gasteiger partial charge in [0.1, 0.15) is 6.04 Å². The molecule has 3 rings (SSSR count). The van der Waals surface area contributed by atoms with Crippen LogP contribution in [0.15, 0.2) is 35.5 Å². The lowest BCUT2D eigenvalue weighted by molar-refractivity contribution is -0.139. The van der Waals surface area contributed by atoms with Crippen molar-refractivity contribution in [3.05, 3.63) is 46.7 Å². The van der Waals surface area contributed by atoms with E-state index in [1.165, 1.54) is 35.1 Å². The van der Waals surface area contributed by atoms with Gasteiger partial charge in [0.25, 0.3) is 5.91 Å². The average molecular weight is 483 g/mol. The van der Waals surface area contributed by atoms with Gasteiger partial charge in [-0.05, 0) is 24.5 Å². The van der Waals surface area contributed by atoms with Crippen molar-refractivity contribution in [3.63, 3.8) is 0 Å². The second-order valence-electron chi connectivity index (χ2n) is 8.48. The molecule has 0 saturated carbocycles. The first-order chi connectivity index (χ1) is 16.0. The first-order valence-electron chi connectivity index (χ1n) is 11.1. The van der Waals surface area contributed by atoms with E-state index in [2.05, 4.69) is 10.6 Å². The first kappa shape index (κ1) is 25.5. The van der Waals surface area contributed by atoms with E-state index >= 15 is 0 Å². The van der Waals surface area contributed by atoms with Crippen LogP contribution >= 0.6 is 0 Å². The summed E-state index contributed by atoms with van der Waals surface area (Å²) in [5, 5.41) is 5.30. The van der Waals surface area contributed by atoms with Crippen molar-refractivity contribution in [1.29, 1.82) is 0 Å². The normalized spacial score (nSPS) is 19.5. The van der Waals surface area contributed by atoms with E-state index in [9.17, 15) is 27.6 Å². The van der Waals surface area contributed by atoms with Crippen molar-refractivity contribution in [2.75, 3.05) is 33.4 Å². The number of hydrogen-bond acceptors (Lipinski definition) is 4. The highest BCUT2D eigenvalue weighted by Gasteiger charge is 2.49. The van der Waals surface area contributed by atoms with E-state index < -0.39 is 41.7 Å². The predicted molar refractivity (Wildman–Crippen MR) is 117 cm³/mol. The summed E-state index contributed by atoms with van der Waals surface area (Å²) in [5.41, 5.74) is -0.782. The van der Waals surface area contributed by atoms with Crippen LogP contribution < -0.4 is 10.6 Å². The molecular formula is C23H29F3N4O4. The Morgan fingerprint density at radius 3 is 2.53 bits per heavy atom. The standard InChI is InChI=1S/C23H29F3N4O4/c1-5-29-16-12-30(19(13(2)3)20(31)27-10-11-34-4)21(32)17(16)18(28-22(29)33)14-8-6-7-9-15(14)23(24,25)26/h6-9,13,18-19H,5,10-12H2,1-4H3,(H,27,31)(H,28,33). The Balaban J connectivity index is 2.04. The summed E-state index contributed by atoms with van der Waals surface area (Å²) in [6, 6.07) is 2.11. The smallest absolute Gasteiger partial charge is 0.383 e. The molecule has 11 heteroatoms. The van der Waals surface area contributed by atoms with Crippen LogP contribution in [0.3, 0.4) is 0 Å². The maximum absolute atomic E-state index is 13.8. The summed E-state index contributed by atoms with van der Waals surface area (Å²) >= 11 is 0. The lowest BCUT2D eigenvalue weighted by atomic mass is 9.91. The van der Waals surface area contributed by atoms with Crippen molar-refractivity contribution in [3.8, 4) is 0 Å². The van der Waals surface area contributed by atoms with Gasteiger partial charge in [-0.2, -0.15) is 13.2 Å². The number of carbonyl (C=O) groups excluding carboxylic acids is 3. The van der Waals surface area contributed by atoms with Crippen LogP contribution in [-0.4, -0.2) is 67.0 Å². The number of methoxy groups -OCH3 is 1. The fraction of sp³-hybridized carbons (Fsp3) is 0.522. The number of ether oxygens (including phenoxy) is 1. The van der Waals surface area contributed by atoms with Crippen LogP contribution in [0.5, 0.6) is 0 Å². The molecule has 4 amide bonds. The average Bonchev–Trinajstić information content (AvgIpc) is 3.09. The number of carbonyl (C=O) groups is 3. The molecule has 2 unspecified atom stereocenters. The number of nitrogens with zero attached hydrogens (tertiary/aromatic N) is 2. The largest absolute Gasteiger partial charge is 0.416 e. The van der Waals surface area contributed by atoms with Gasteiger partial charge < -0.3 is 20.3 Å². The highest BCUT2D eigenvalue weighted by Crippen LogP contribution is 2.42. The molecule has 0 bridgehead atoms. The molecule has 0 radical (unpaired) electrons. The second-order valence-corrected chi connectivity index (χ2v) is 8.48. The summed E-state index contributed by atoms with van der Waals surface area (Å²) in [5.74, 6) is -1.25. The maximum Gasteiger partial charge on any atom is 0.416 e. The molecule has 0 saturated heterocycles. The number of amides is 4. The summed E-state index contributed by atoms with van der Waals surface area (Å²) in [4.78, 5) is 42.0. The minimum absolute atomic E-state index is 0.0495. The number of rotatable bonds is 8. The molecule has 0 spiro atoms. The van der Waals surface area contributed by atoms with Crippen LogP contribution in [0.1, 0.15) is 37.9 Å². The highest BCUT2D eigenvalue weighted by molar-refractivity contribution is 6.03. The van der Waals surface area contributed by atoms with Crippen LogP contribution in [0.2, 0.25) is 0 Å². The fourth-order valence-electron chi connectivity index (χ4n) is 4.50. The van der Waals surface area contributed by atoms with Gasteiger partial charge in [0.2, 0.25) is 5.91 Å². The van der Waals surface area contributed by atoms with Gasteiger partial charge in [0, 0.05) is 20.2 Å². The molecule has 2 heterocycles. The van der Waals surface area contributed by atoms with E-state index in [0.717, 1.165) is 6.07 Å².